The zero-order chi connectivity index (χ0) is 21.9. The quantitative estimate of drug-likeness (QED) is 0.727. The smallest absolute Gasteiger partial charge is 0.247 e. The fourth-order valence-corrected chi connectivity index (χ4v) is 4.62. The van der Waals surface area contributed by atoms with Crippen molar-refractivity contribution in [3.63, 3.8) is 0 Å². The second kappa shape index (κ2) is 8.74. The van der Waals surface area contributed by atoms with E-state index < -0.39 is 22.0 Å². The van der Waals surface area contributed by atoms with Crippen LogP contribution in [0.4, 0.5) is 17.1 Å². The molecule has 0 aliphatic carbocycles. The summed E-state index contributed by atoms with van der Waals surface area (Å²) in [6, 6.07) is 12.5. The van der Waals surface area contributed by atoms with Crippen molar-refractivity contribution in [3.05, 3.63) is 48.5 Å². The molecule has 0 spiro atoms. The van der Waals surface area contributed by atoms with Crippen LogP contribution in [0.1, 0.15) is 19.8 Å². The monoisotopic (exact) mass is 431 g/mol. The van der Waals surface area contributed by atoms with Crippen molar-refractivity contribution in [2.24, 2.45) is 0 Å². The van der Waals surface area contributed by atoms with Gasteiger partial charge in [0.05, 0.1) is 19.1 Å². The summed E-state index contributed by atoms with van der Waals surface area (Å²) in [5, 5.41) is 2.74. The number of amides is 2. The SMILES string of the molecule is COc1cccc(N([C@@H](C)C(=O)Nc2ccc(N3CCCC3=O)cc2)S(C)(=O)=O)c1. The van der Waals surface area contributed by atoms with Crippen molar-refractivity contribution in [3.8, 4) is 5.75 Å². The van der Waals surface area contributed by atoms with E-state index in [-0.39, 0.29) is 5.91 Å². The van der Waals surface area contributed by atoms with Crippen LogP contribution in [0.3, 0.4) is 0 Å². The van der Waals surface area contributed by atoms with Gasteiger partial charge in [0.25, 0.3) is 0 Å². The highest BCUT2D eigenvalue weighted by Gasteiger charge is 2.29. The lowest BCUT2D eigenvalue weighted by Crippen LogP contribution is -2.45. The molecule has 0 radical (unpaired) electrons. The van der Waals surface area contributed by atoms with Gasteiger partial charge in [0, 0.05) is 30.4 Å². The lowest BCUT2D eigenvalue weighted by molar-refractivity contribution is -0.117. The summed E-state index contributed by atoms with van der Waals surface area (Å²) in [7, 11) is -2.25. The molecule has 1 heterocycles. The van der Waals surface area contributed by atoms with Gasteiger partial charge in [-0.3, -0.25) is 13.9 Å². The maximum absolute atomic E-state index is 12.8. The number of sulfonamides is 1. The topological polar surface area (TPSA) is 96.0 Å². The third-order valence-corrected chi connectivity index (χ3v) is 6.16. The number of hydrogen-bond acceptors (Lipinski definition) is 5. The van der Waals surface area contributed by atoms with Gasteiger partial charge in [-0.25, -0.2) is 8.42 Å². The summed E-state index contributed by atoms with van der Waals surface area (Å²) in [5.74, 6) is 0.0940. The number of benzene rings is 2. The number of ether oxygens (including phenoxy) is 1. The Balaban J connectivity index is 1.77. The Morgan fingerprint density at radius 3 is 2.47 bits per heavy atom. The minimum absolute atomic E-state index is 0.0856. The van der Waals surface area contributed by atoms with Gasteiger partial charge in [0.2, 0.25) is 21.8 Å². The van der Waals surface area contributed by atoms with Crippen LogP contribution in [0.2, 0.25) is 0 Å². The van der Waals surface area contributed by atoms with Crippen LogP contribution >= 0.6 is 0 Å². The first kappa shape index (κ1) is 21.6. The maximum Gasteiger partial charge on any atom is 0.247 e. The molecule has 1 atom stereocenters. The van der Waals surface area contributed by atoms with E-state index in [0.29, 0.717) is 30.1 Å². The molecular formula is C21H25N3O5S. The molecule has 9 heteroatoms. The largest absolute Gasteiger partial charge is 0.497 e. The van der Waals surface area contributed by atoms with Crippen molar-refractivity contribution in [1.82, 2.24) is 0 Å². The van der Waals surface area contributed by atoms with E-state index in [0.717, 1.165) is 22.7 Å². The molecule has 1 saturated heterocycles. The summed E-state index contributed by atoms with van der Waals surface area (Å²) in [4.78, 5) is 26.4. The maximum atomic E-state index is 12.8. The fraction of sp³-hybridized carbons (Fsp3) is 0.333. The number of methoxy groups -OCH3 is 1. The van der Waals surface area contributed by atoms with E-state index in [1.807, 2.05) is 0 Å². The molecule has 1 aliphatic rings. The second-order valence-electron chi connectivity index (χ2n) is 7.12. The van der Waals surface area contributed by atoms with Crippen LogP contribution in [-0.2, 0) is 19.6 Å². The lowest BCUT2D eigenvalue weighted by Gasteiger charge is -2.28. The lowest BCUT2D eigenvalue weighted by atomic mass is 10.2. The van der Waals surface area contributed by atoms with E-state index in [9.17, 15) is 18.0 Å². The molecule has 1 aliphatic heterocycles. The van der Waals surface area contributed by atoms with Crippen molar-refractivity contribution in [2.75, 3.05) is 34.4 Å². The summed E-state index contributed by atoms with van der Waals surface area (Å²) in [5.41, 5.74) is 1.63. The number of anilines is 3. The first-order chi connectivity index (χ1) is 14.2. The Hall–Kier alpha value is -3.07. The van der Waals surface area contributed by atoms with Crippen LogP contribution in [0, 0.1) is 0 Å². The van der Waals surface area contributed by atoms with Crippen LogP contribution in [-0.4, -0.2) is 46.2 Å². The molecule has 1 fully saturated rings. The number of carbonyl (C=O) groups excluding carboxylic acids is 2. The third kappa shape index (κ3) is 4.73. The summed E-state index contributed by atoms with van der Waals surface area (Å²) >= 11 is 0. The molecule has 160 valence electrons. The van der Waals surface area contributed by atoms with Gasteiger partial charge in [-0.05, 0) is 49.7 Å². The van der Waals surface area contributed by atoms with E-state index in [1.165, 1.54) is 14.0 Å². The van der Waals surface area contributed by atoms with Crippen LogP contribution < -0.4 is 19.3 Å². The Labute approximate surface area is 176 Å². The highest BCUT2D eigenvalue weighted by Crippen LogP contribution is 2.26. The zero-order valence-electron chi connectivity index (χ0n) is 17.2. The first-order valence-electron chi connectivity index (χ1n) is 9.55. The highest BCUT2D eigenvalue weighted by molar-refractivity contribution is 7.92. The summed E-state index contributed by atoms with van der Waals surface area (Å²) < 4.78 is 31.1. The highest BCUT2D eigenvalue weighted by atomic mass is 32.2. The normalized spacial score (nSPS) is 15.0. The van der Waals surface area contributed by atoms with Gasteiger partial charge in [0.15, 0.2) is 0 Å². The van der Waals surface area contributed by atoms with Gasteiger partial charge >= 0.3 is 0 Å². The van der Waals surface area contributed by atoms with Gasteiger partial charge < -0.3 is 15.0 Å². The van der Waals surface area contributed by atoms with Crippen LogP contribution in [0.15, 0.2) is 48.5 Å². The number of nitrogens with one attached hydrogen (secondary N) is 1. The molecule has 3 rings (SSSR count). The van der Waals surface area contributed by atoms with Gasteiger partial charge in [0.1, 0.15) is 11.8 Å². The van der Waals surface area contributed by atoms with E-state index in [2.05, 4.69) is 5.32 Å². The van der Waals surface area contributed by atoms with Crippen molar-refractivity contribution < 1.29 is 22.7 Å². The van der Waals surface area contributed by atoms with Crippen molar-refractivity contribution >= 4 is 38.9 Å². The molecular weight excluding hydrogens is 406 g/mol. The molecule has 30 heavy (non-hydrogen) atoms. The molecule has 1 N–H and O–H groups in total. The number of hydrogen-bond donors (Lipinski definition) is 1. The molecule has 0 bridgehead atoms. The Morgan fingerprint density at radius 2 is 1.90 bits per heavy atom. The fourth-order valence-electron chi connectivity index (χ4n) is 3.45. The summed E-state index contributed by atoms with van der Waals surface area (Å²) in [6.45, 7) is 2.21. The Kier molecular flexibility index (Phi) is 6.31. The van der Waals surface area contributed by atoms with Crippen LogP contribution in [0.5, 0.6) is 5.75 Å². The van der Waals surface area contributed by atoms with Gasteiger partial charge in [-0.1, -0.05) is 6.07 Å². The minimum atomic E-state index is -3.73. The molecule has 8 nitrogen and oxygen atoms in total. The van der Waals surface area contributed by atoms with Gasteiger partial charge in [-0.15, -0.1) is 0 Å². The third-order valence-electron chi connectivity index (χ3n) is 4.92. The number of rotatable bonds is 7. The predicted octanol–water partition coefficient (Wildman–Crippen LogP) is 2.62. The van der Waals surface area contributed by atoms with E-state index in [4.69, 9.17) is 4.74 Å². The minimum Gasteiger partial charge on any atom is -0.497 e. The molecule has 0 aromatic heterocycles. The standard InChI is InChI=1S/C21H25N3O5S/c1-15(24(30(3,27)28)18-6-4-7-19(14-18)29-2)21(26)22-16-9-11-17(12-10-16)23-13-5-8-20(23)25/h4,6-7,9-12,14-15H,5,8,13H2,1-3H3,(H,22,26)/t15-/m0/s1. The average Bonchev–Trinajstić information content (AvgIpc) is 3.13. The van der Waals surface area contributed by atoms with Crippen LogP contribution in [0.25, 0.3) is 0 Å². The Bertz CT molecular complexity index is 1040. The average molecular weight is 432 g/mol. The number of nitrogens with zero attached hydrogens (tertiary/aromatic N) is 2. The van der Waals surface area contributed by atoms with Crippen molar-refractivity contribution in [1.29, 1.82) is 0 Å². The predicted molar refractivity (Wildman–Crippen MR) is 116 cm³/mol. The molecule has 0 unspecified atom stereocenters. The second-order valence-corrected chi connectivity index (χ2v) is 8.98. The van der Waals surface area contributed by atoms with Gasteiger partial charge in [-0.2, -0.15) is 0 Å². The Morgan fingerprint density at radius 1 is 1.20 bits per heavy atom. The van der Waals surface area contributed by atoms with E-state index >= 15 is 0 Å². The van der Waals surface area contributed by atoms with Crippen molar-refractivity contribution in [2.45, 2.75) is 25.8 Å². The number of carbonyl (C=O) groups is 2. The first-order valence-corrected chi connectivity index (χ1v) is 11.4. The molecule has 2 aromatic rings. The molecule has 0 saturated carbocycles. The molecule has 2 aromatic carbocycles. The molecule has 2 amide bonds. The zero-order valence-corrected chi connectivity index (χ0v) is 18.0. The summed E-state index contributed by atoms with van der Waals surface area (Å²) in [6.07, 6.45) is 2.43. The van der Waals surface area contributed by atoms with E-state index in [1.54, 1.807) is 53.4 Å².